The topological polar surface area (TPSA) is 56.2 Å². The summed E-state index contributed by atoms with van der Waals surface area (Å²) in [5, 5.41) is 0. The van der Waals surface area contributed by atoms with Crippen molar-refractivity contribution < 1.29 is 9.21 Å². The first-order valence-corrected chi connectivity index (χ1v) is 4.97. The normalized spacial score (nSPS) is 11.6. The third-order valence-corrected chi connectivity index (χ3v) is 3.01. The number of hydrogen-bond donors (Lipinski definition) is 1. The summed E-state index contributed by atoms with van der Waals surface area (Å²) in [6, 6.07) is 1.69. The van der Waals surface area contributed by atoms with Crippen LogP contribution in [0.2, 0.25) is 0 Å². The fourth-order valence-electron chi connectivity index (χ4n) is 1.65. The van der Waals surface area contributed by atoms with Gasteiger partial charge in [0.25, 0.3) is 0 Å². The number of furan rings is 1. The van der Waals surface area contributed by atoms with Crippen LogP contribution in [0.3, 0.4) is 0 Å². The zero-order valence-electron chi connectivity index (χ0n) is 8.75. The molecule has 3 heteroatoms. The number of rotatable bonds is 5. The van der Waals surface area contributed by atoms with Gasteiger partial charge >= 0.3 is 0 Å². The molecule has 3 nitrogen and oxygen atoms in total. The van der Waals surface area contributed by atoms with E-state index in [0.717, 1.165) is 12.8 Å². The summed E-state index contributed by atoms with van der Waals surface area (Å²) in [5.74, 6) is 0.0961. The first-order valence-electron chi connectivity index (χ1n) is 4.97. The average Bonchev–Trinajstić information content (AvgIpc) is 2.74. The molecular formula is C11H17NO2. The highest BCUT2D eigenvalue weighted by Gasteiger charge is 2.34. The second-order valence-corrected chi connectivity index (χ2v) is 3.53. The summed E-state index contributed by atoms with van der Waals surface area (Å²) in [6.45, 7) is 4.38. The van der Waals surface area contributed by atoms with Gasteiger partial charge in [-0.1, -0.05) is 13.8 Å². The molecule has 1 rings (SSSR count). The fourth-order valence-corrected chi connectivity index (χ4v) is 1.65. The minimum absolute atomic E-state index is 0.0961. The first kappa shape index (κ1) is 11.0. The Morgan fingerprint density at radius 1 is 1.50 bits per heavy atom. The van der Waals surface area contributed by atoms with E-state index in [1.165, 1.54) is 12.5 Å². The summed E-state index contributed by atoms with van der Waals surface area (Å²) >= 11 is 0. The summed E-state index contributed by atoms with van der Waals surface area (Å²) in [6.07, 6.45) is 4.53. The van der Waals surface area contributed by atoms with Crippen molar-refractivity contribution in [2.45, 2.75) is 26.7 Å². The Balaban J connectivity index is 2.95. The minimum atomic E-state index is -0.413. The van der Waals surface area contributed by atoms with Crippen LogP contribution in [0.25, 0.3) is 0 Å². The van der Waals surface area contributed by atoms with Crippen LogP contribution in [0.5, 0.6) is 0 Å². The van der Waals surface area contributed by atoms with Crippen LogP contribution < -0.4 is 5.73 Å². The van der Waals surface area contributed by atoms with Crippen molar-refractivity contribution in [3.05, 3.63) is 24.2 Å². The molecule has 0 radical (unpaired) electrons. The molecule has 0 aliphatic carbocycles. The molecule has 0 saturated carbocycles. The number of Topliss-reactive ketones (excluding diaryl/α,β-unsaturated/α-hetero) is 1. The molecule has 2 N–H and O–H groups in total. The maximum Gasteiger partial charge on any atom is 0.173 e. The smallest absolute Gasteiger partial charge is 0.173 e. The van der Waals surface area contributed by atoms with E-state index in [0.29, 0.717) is 12.1 Å². The Hall–Kier alpha value is -1.09. The monoisotopic (exact) mass is 195 g/mol. The summed E-state index contributed by atoms with van der Waals surface area (Å²) < 4.78 is 4.90. The van der Waals surface area contributed by atoms with E-state index in [1.54, 1.807) is 6.07 Å². The number of hydrogen-bond acceptors (Lipinski definition) is 3. The van der Waals surface area contributed by atoms with Gasteiger partial charge in [-0.2, -0.15) is 0 Å². The summed E-state index contributed by atoms with van der Waals surface area (Å²) in [7, 11) is 0. The zero-order chi connectivity index (χ0) is 10.6. The van der Waals surface area contributed by atoms with Gasteiger partial charge in [-0.25, -0.2) is 0 Å². The maximum absolute atomic E-state index is 12.1. The molecular weight excluding hydrogens is 178 g/mol. The molecule has 0 fully saturated rings. The van der Waals surface area contributed by atoms with Gasteiger partial charge in [0, 0.05) is 12.0 Å². The van der Waals surface area contributed by atoms with Gasteiger partial charge in [0.05, 0.1) is 11.8 Å². The molecule has 0 bridgehead atoms. The van der Waals surface area contributed by atoms with E-state index in [4.69, 9.17) is 10.2 Å². The highest BCUT2D eigenvalue weighted by molar-refractivity contribution is 6.00. The lowest BCUT2D eigenvalue weighted by Crippen LogP contribution is -2.37. The quantitative estimate of drug-likeness (QED) is 0.733. The van der Waals surface area contributed by atoms with Gasteiger partial charge in [0.15, 0.2) is 5.78 Å². The van der Waals surface area contributed by atoms with Crippen molar-refractivity contribution in [1.82, 2.24) is 0 Å². The number of nitrogens with two attached hydrogens (primary N) is 1. The molecule has 0 spiro atoms. The van der Waals surface area contributed by atoms with Crippen LogP contribution in [0, 0.1) is 5.41 Å². The van der Waals surface area contributed by atoms with Crippen LogP contribution >= 0.6 is 0 Å². The Morgan fingerprint density at radius 2 is 2.14 bits per heavy atom. The second-order valence-electron chi connectivity index (χ2n) is 3.53. The van der Waals surface area contributed by atoms with Crippen LogP contribution in [-0.2, 0) is 0 Å². The van der Waals surface area contributed by atoms with Gasteiger partial charge in [-0.3, -0.25) is 4.79 Å². The predicted octanol–water partition coefficient (Wildman–Crippen LogP) is 2.23. The molecule has 1 aromatic rings. The third kappa shape index (κ3) is 1.73. The van der Waals surface area contributed by atoms with Crippen LogP contribution in [0.1, 0.15) is 37.0 Å². The van der Waals surface area contributed by atoms with E-state index < -0.39 is 5.41 Å². The molecule has 14 heavy (non-hydrogen) atoms. The van der Waals surface area contributed by atoms with Gasteiger partial charge in [0.2, 0.25) is 0 Å². The van der Waals surface area contributed by atoms with Crippen molar-refractivity contribution in [3.8, 4) is 0 Å². The Bertz CT molecular complexity index is 278. The van der Waals surface area contributed by atoms with E-state index in [1.807, 2.05) is 13.8 Å². The highest BCUT2D eigenvalue weighted by atomic mass is 16.3. The molecule has 0 aliphatic heterocycles. The van der Waals surface area contributed by atoms with E-state index in [2.05, 4.69) is 0 Å². The van der Waals surface area contributed by atoms with E-state index in [-0.39, 0.29) is 5.78 Å². The van der Waals surface area contributed by atoms with Crippen LogP contribution in [0.4, 0.5) is 0 Å². The number of carbonyl (C=O) groups is 1. The van der Waals surface area contributed by atoms with Crippen molar-refractivity contribution in [3.63, 3.8) is 0 Å². The molecule has 0 unspecified atom stereocenters. The second kappa shape index (κ2) is 4.42. The third-order valence-electron chi connectivity index (χ3n) is 3.01. The van der Waals surface area contributed by atoms with Gasteiger partial charge in [-0.05, 0) is 18.9 Å². The van der Waals surface area contributed by atoms with Gasteiger partial charge in [0.1, 0.15) is 6.26 Å². The summed E-state index contributed by atoms with van der Waals surface area (Å²) in [5.41, 5.74) is 5.90. The molecule has 0 aliphatic rings. The number of carbonyl (C=O) groups excluding carboxylic acids is 1. The number of ketones is 1. The lowest BCUT2D eigenvalue weighted by molar-refractivity contribution is 0.0786. The Kier molecular flexibility index (Phi) is 3.47. The van der Waals surface area contributed by atoms with Gasteiger partial charge in [-0.15, -0.1) is 0 Å². The standard InChI is InChI=1S/C11H17NO2/c1-3-11(4-2,8-12)10(13)9-5-6-14-7-9/h5-7H,3-4,8,12H2,1-2H3. The van der Waals surface area contributed by atoms with Gasteiger partial charge < -0.3 is 10.2 Å². The molecule has 0 aromatic carbocycles. The molecule has 0 amide bonds. The van der Waals surface area contributed by atoms with Crippen molar-refractivity contribution in [1.29, 1.82) is 0 Å². The van der Waals surface area contributed by atoms with E-state index >= 15 is 0 Å². The molecule has 1 aromatic heterocycles. The van der Waals surface area contributed by atoms with Crippen LogP contribution in [0.15, 0.2) is 23.0 Å². The zero-order valence-corrected chi connectivity index (χ0v) is 8.75. The SMILES string of the molecule is CCC(CC)(CN)C(=O)c1ccoc1. The Labute approximate surface area is 84.3 Å². The fraction of sp³-hybridized carbons (Fsp3) is 0.545. The molecule has 78 valence electrons. The first-order chi connectivity index (χ1) is 6.70. The summed E-state index contributed by atoms with van der Waals surface area (Å²) in [4.78, 5) is 12.1. The predicted molar refractivity (Wildman–Crippen MR) is 55.1 cm³/mol. The van der Waals surface area contributed by atoms with Crippen molar-refractivity contribution >= 4 is 5.78 Å². The lowest BCUT2D eigenvalue weighted by Gasteiger charge is -2.27. The van der Waals surface area contributed by atoms with Crippen LogP contribution in [-0.4, -0.2) is 12.3 Å². The Morgan fingerprint density at radius 3 is 2.50 bits per heavy atom. The van der Waals surface area contributed by atoms with E-state index in [9.17, 15) is 4.79 Å². The lowest BCUT2D eigenvalue weighted by atomic mass is 9.76. The molecule has 1 heterocycles. The minimum Gasteiger partial charge on any atom is -0.472 e. The molecule has 0 atom stereocenters. The maximum atomic E-state index is 12.1. The largest absolute Gasteiger partial charge is 0.472 e. The average molecular weight is 195 g/mol. The van der Waals surface area contributed by atoms with Crippen molar-refractivity contribution in [2.24, 2.45) is 11.1 Å². The van der Waals surface area contributed by atoms with Crippen molar-refractivity contribution in [2.75, 3.05) is 6.54 Å². The molecule has 0 saturated heterocycles. The highest BCUT2D eigenvalue weighted by Crippen LogP contribution is 2.29.